The lowest BCUT2D eigenvalue weighted by molar-refractivity contribution is -0.107. The van der Waals surface area contributed by atoms with Gasteiger partial charge < -0.3 is 25.1 Å². The Morgan fingerprint density at radius 3 is 2.47 bits per heavy atom. The topological polar surface area (TPSA) is 101 Å². The molecule has 0 aliphatic carbocycles. The number of para-hydroxylation sites is 2. The molecule has 4 aromatic rings. The molecule has 0 fully saturated rings. The lowest BCUT2D eigenvalue weighted by Crippen LogP contribution is -2.26. The van der Waals surface area contributed by atoms with Crippen LogP contribution in [0.4, 0.5) is 22.9 Å². The third kappa shape index (κ3) is 5.43. The Morgan fingerprint density at radius 1 is 1.03 bits per heavy atom. The van der Waals surface area contributed by atoms with E-state index in [0.29, 0.717) is 35.1 Å². The number of ether oxygens (including phenoxy) is 1. The van der Waals surface area contributed by atoms with Crippen LogP contribution in [0.2, 0.25) is 0 Å². The first kappa shape index (κ1) is 24.7. The third-order valence-corrected chi connectivity index (χ3v) is 5.97. The summed E-state index contributed by atoms with van der Waals surface area (Å²) in [7, 11) is 0. The van der Waals surface area contributed by atoms with E-state index in [4.69, 9.17) is 14.9 Å². The molecule has 1 heterocycles. The molecule has 0 unspecified atom stereocenters. The van der Waals surface area contributed by atoms with Crippen LogP contribution in [0.25, 0.3) is 11.0 Å². The predicted octanol–water partition coefficient (Wildman–Crippen LogP) is 5.16. The van der Waals surface area contributed by atoms with Crippen LogP contribution >= 0.6 is 0 Å². The average molecular weight is 487 g/mol. The number of nitrogens with zero attached hydrogens (tertiary/aromatic N) is 2. The van der Waals surface area contributed by atoms with E-state index in [2.05, 4.69) is 30.1 Å². The molecule has 36 heavy (non-hydrogen) atoms. The van der Waals surface area contributed by atoms with Crippen molar-refractivity contribution >= 4 is 46.2 Å². The van der Waals surface area contributed by atoms with Crippen LogP contribution in [0.15, 0.2) is 77.2 Å². The molecule has 2 amide bonds. The molecule has 0 bridgehead atoms. The molecule has 0 saturated carbocycles. The molecule has 0 aliphatic rings. The van der Waals surface area contributed by atoms with E-state index >= 15 is 0 Å². The average Bonchev–Trinajstić information content (AvgIpc) is 3.34. The summed E-state index contributed by atoms with van der Waals surface area (Å²) in [5, 5.41) is 3.76. The van der Waals surface area contributed by atoms with Gasteiger partial charge in [0.05, 0.1) is 17.9 Å². The van der Waals surface area contributed by atoms with Gasteiger partial charge in [0.25, 0.3) is 5.91 Å². The highest BCUT2D eigenvalue weighted by Crippen LogP contribution is 2.33. The van der Waals surface area contributed by atoms with Crippen molar-refractivity contribution in [3.05, 3.63) is 78.4 Å². The minimum absolute atomic E-state index is 0.255. The van der Waals surface area contributed by atoms with Crippen molar-refractivity contribution < 1.29 is 18.7 Å². The minimum Gasteiger partial charge on any atom is -0.492 e. The maximum Gasteiger partial charge on any atom is 0.255 e. The first-order chi connectivity index (χ1) is 17.5. The Labute approximate surface area is 210 Å². The van der Waals surface area contributed by atoms with E-state index < -0.39 is 0 Å². The first-order valence-electron chi connectivity index (χ1n) is 11.9. The fourth-order valence-corrected chi connectivity index (χ4v) is 4.00. The Morgan fingerprint density at radius 2 is 1.78 bits per heavy atom. The summed E-state index contributed by atoms with van der Waals surface area (Å²) in [5.41, 5.74) is 9.23. The van der Waals surface area contributed by atoms with E-state index in [1.54, 1.807) is 48.5 Å². The van der Waals surface area contributed by atoms with E-state index in [9.17, 15) is 9.59 Å². The van der Waals surface area contributed by atoms with Gasteiger partial charge in [-0.15, -0.1) is 0 Å². The monoisotopic (exact) mass is 486 g/mol. The van der Waals surface area contributed by atoms with E-state index in [0.717, 1.165) is 36.2 Å². The number of carbonyl (C=O) groups excluding carboxylic acids is 2. The highest BCUT2D eigenvalue weighted by atomic mass is 16.5. The standard InChI is InChI=1S/C28H30N4O4/c1-3-31(4-2)25-10-7-11-26-22(25)18-27(36-26)32(19-33)16-17-35-21-14-12-20(13-15-21)28(34)30-24-9-6-5-8-23(24)29/h5-15,18-19H,3-4,16-17,29H2,1-2H3,(H,30,34). The molecule has 8 nitrogen and oxygen atoms in total. The largest absolute Gasteiger partial charge is 0.492 e. The zero-order valence-electron chi connectivity index (χ0n) is 20.4. The smallest absolute Gasteiger partial charge is 0.255 e. The summed E-state index contributed by atoms with van der Waals surface area (Å²) >= 11 is 0. The van der Waals surface area contributed by atoms with Gasteiger partial charge in [-0.2, -0.15) is 0 Å². The molecular weight excluding hydrogens is 456 g/mol. The summed E-state index contributed by atoms with van der Waals surface area (Å²) in [6.45, 7) is 6.53. The number of hydrogen-bond donors (Lipinski definition) is 2. The minimum atomic E-state index is -0.263. The molecule has 4 rings (SSSR count). The molecule has 3 aromatic carbocycles. The maximum absolute atomic E-state index is 12.5. The van der Waals surface area contributed by atoms with Crippen LogP contribution in [-0.2, 0) is 4.79 Å². The predicted molar refractivity (Wildman–Crippen MR) is 144 cm³/mol. The molecule has 1 aromatic heterocycles. The van der Waals surface area contributed by atoms with Crippen molar-refractivity contribution in [1.82, 2.24) is 0 Å². The van der Waals surface area contributed by atoms with Gasteiger partial charge in [0.2, 0.25) is 12.3 Å². The number of carbonyl (C=O) groups is 2. The lowest BCUT2D eigenvalue weighted by Gasteiger charge is -2.21. The van der Waals surface area contributed by atoms with Crippen molar-refractivity contribution in [3.8, 4) is 5.75 Å². The molecule has 0 spiro atoms. The fourth-order valence-electron chi connectivity index (χ4n) is 4.00. The highest BCUT2D eigenvalue weighted by Gasteiger charge is 2.16. The number of amides is 2. The van der Waals surface area contributed by atoms with Crippen molar-refractivity contribution in [3.63, 3.8) is 0 Å². The molecule has 0 saturated heterocycles. The van der Waals surface area contributed by atoms with Gasteiger partial charge in [-0.05, 0) is 62.4 Å². The van der Waals surface area contributed by atoms with Gasteiger partial charge in [-0.3, -0.25) is 14.5 Å². The Balaban J connectivity index is 1.37. The van der Waals surface area contributed by atoms with Crippen molar-refractivity contribution in [2.75, 3.05) is 47.1 Å². The number of fused-ring (bicyclic) bond motifs is 1. The van der Waals surface area contributed by atoms with Crippen LogP contribution < -0.4 is 25.6 Å². The van der Waals surface area contributed by atoms with Gasteiger partial charge >= 0.3 is 0 Å². The van der Waals surface area contributed by atoms with Gasteiger partial charge in [-0.25, -0.2) is 0 Å². The van der Waals surface area contributed by atoms with Crippen LogP contribution in [0.1, 0.15) is 24.2 Å². The lowest BCUT2D eigenvalue weighted by atomic mass is 10.2. The maximum atomic E-state index is 12.5. The summed E-state index contributed by atoms with van der Waals surface area (Å²) in [6.07, 6.45) is 0.737. The van der Waals surface area contributed by atoms with Crippen molar-refractivity contribution in [1.29, 1.82) is 0 Å². The summed E-state index contributed by atoms with van der Waals surface area (Å²) < 4.78 is 11.8. The van der Waals surface area contributed by atoms with Gasteiger partial charge in [0.15, 0.2) is 0 Å². The number of anilines is 4. The van der Waals surface area contributed by atoms with Gasteiger partial charge in [0.1, 0.15) is 17.9 Å². The number of nitrogens with two attached hydrogens (primary N) is 1. The molecular formula is C28H30N4O4. The second-order valence-corrected chi connectivity index (χ2v) is 8.16. The van der Waals surface area contributed by atoms with E-state index in [-0.39, 0.29) is 12.5 Å². The number of benzene rings is 3. The van der Waals surface area contributed by atoms with Gasteiger partial charge in [-0.1, -0.05) is 18.2 Å². The van der Waals surface area contributed by atoms with Crippen molar-refractivity contribution in [2.45, 2.75) is 13.8 Å². The van der Waals surface area contributed by atoms with Crippen LogP contribution in [0.3, 0.4) is 0 Å². The number of nitrogen functional groups attached to an aromatic ring is 1. The number of rotatable bonds is 11. The zero-order valence-corrected chi connectivity index (χ0v) is 20.4. The molecule has 186 valence electrons. The Bertz CT molecular complexity index is 1330. The fraction of sp³-hybridized carbons (Fsp3) is 0.214. The van der Waals surface area contributed by atoms with Crippen molar-refractivity contribution in [2.24, 2.45) is 0 Å². The molecule has 8 heteroatoms. The van der Waals surface area contributed by atoms with Crippen LogP contribution in [0.5, 0.6) is 5.75 Å². The normalized spacial score (nSPS) is 10.7. The molecule has 0 atom stereocenters. The Kier molecular flexibility index (Phi) is 7.75. The quantitative estimate of drug-likeness (QED) is 0.224. The zero-order chi connectivity index (χ0) is 25.5. The van der Waals surface area contributed by atoms with E-state index in [1.807, 2.05) is 18.2 Å². The first-order valence-corrected chi connectivity index (χ1v) is 11.9. The SMILES string of the molecule is CCN(CC)c1cccc2oc(N(C=O)CCOc3ccc(C(=O)Nc4ccccc4N)cc3)cc12. The van der Waals surface area contributed by atoms with Gasteiger partial charge in [0, 0.05) is 35.8 Å². The molecule has 0 aliphatic heterocycles. The van der Waals surface area contributed by atoms with E-state index in [1.165, 1.54) is 4.90 Å². The highest BCUT2D eigenvalue weighted by molar-refractivity contribution is 6.05. The Hall–Kier alpha value is -4.46. The van der Waals surface area contributed by atoms with Crippen LogP contribution in [-0.4, -0.2) is 38.6 Å². The van der Waals surface area contributed by atoms with Crippen LogP contribution in [0, 0.1) is 0 Å². The second kappa shape index (κ2) is 11.3. The number of furan rings is 1. The summed E-state index contributed by atoms with van der Waals surface area (Å²) in [4.78, 5) is 28.0. The number of hydrogen-bond acceptors (Lipinski definition) is 6. The summed E-state index contributed by atoms with van der Waals surface area (Å²) in [5.74, 6) is 0.793. The third-order valence-electron chi connectivity index (χ3n) is 5.97. The second-order valence-electron chi connectivity index (χ2n) is 8.16. The number of nitrogens with one attached hydrogen (secondary N) is 1. The summed E-state index contributed by atoms with van der Waals surface area (Å²) in [6, 6.07) is 21.7. The molecule has 3 N–H and O–H groups in total. The molecule has 0 radical (unpaired) electrons.